The zero-order chi connectivity index (χ0) is 12.3. The van der Waals surface area contributed by atoms with Crippen LogP contribution in [0.1, 0.15) is 0 Å². The first-order valence-electron chi connectivity index (χ1n) is 4.96. The van der Waals surface area contributed by atoms with E-state index in [4.69, 9.17) is 4.74 Å². The molecule has 0 atom stereocenters. The number of hydrogen-bond donors (Lipinski definition) is 1. The lowest BCUT2D eigenvalue weighted by atomic mass is 10.3. The van der Waals surface area contributed by atoms with Crippen LogP contribution < -0.4 is 10.1 Å². The van der Waals surface area contributed by atoms with Crippen LogP contribution in [-0.4, -0.2) is 12.0 Å². The molecule has 0 aliphatic rings. The second-order valence-electron chi connectivity index (χ2n) is 3.28. The van der Waals surface area contributed by atoms with Crippen molar-refractivity contribution in [2.45, 2.75) is 0 Å². The smallest absolute Gasteiger partial charge is 0.201 e. The van der Waals surface area contributed by atoms with Crippen LogP contribution in [0.4, 0.5) is 14.6 Å². The van der Waals surface area contributed by atoms with Gasteiger partial charge >= 0.3 is 0 Å². The summed E-state index contributed by atoms with van der Waals surface area (Å²) >= 11 is 0. The van der Waals surface area contributed by atoms with Gasteiger partial charge in [-0.1, -0.05) is 6.07 Å². The minimum Gasteiger partial charge on any atom is -0.454 e. The van der Waals surface area contributed by atoms with Gasteiger partial charge in [0, 0.05) is 19.3 Å². The van der Waals surface area contributed by atoms with Gasteiger partial charge in [-0.3, -0.25) is 0 Å². The Kier molecular flexibility index (Phi) is 3.18. The van der Waals surface area contributed by atoms with Crippen LogP contribution in [0.25, 0.3) is 0 Å². The van der Waals surface area contributed by atoms with E-state index in [0.717, 1.165) is 6.07 Å². The minimum absolute atomic E-state index is 0.154. The van der Waals surface area contributed by atoms with Crippen molar-refractivity contribution in [3.05, 3.63) is 48.2 Å². The molecule has 1 N–H and O–H groups in total. The van der Waals surface area contributed by atoms with Crippen LogP contribution in [-0.2, 0) is 0 Å². The van der Waals surface area contributed by atoms with Gasteiger partial charge in [0.25, 0.3) is 0 Å². The fourth-order valence-corrected chi connectivity index (χ4v) is 1.30. The summed E-state index contributed by atoms with van der Waals surface area (Å²) in [6.07, 6.45) is 1.51. The van der Waals surface area contributed by atoms with Gasteiger partial charge in [0.1, 0.15) is 11.6 Å². The lowest BCUT2D eigenvalue weighted by Crippen LogP contribution is -1.94. The Hall–Kier alpha value is -2.17. The zero-order valence-electron chi connectivity index (χ0n) is 9.08. The number of anilines is 1. The van der Waals surface area contributed by atoms with Crippen LogP contribution in [0.5, 0.6) is 11.5 Å². The van der Waals surface area contributed by atoms with E-state index >= 15 is 0 Å². The van der Waals surface area contributed by atoms with Crippen molar-refractivity contribution in [2.75, 3.05) is 12.4 Å². The maximum absolute atomic E-state index is 13.3. The average molecular weight is 236 g/mol. The third kappa shape index (κ3) is 2.50. The minimum atomic E-state index is -1.00. The molecule has 17 heavy (non-hydrogen) atoms. The summed E-state index contributed by atoms with van der Waals surface area (Å²) in [4.78, 5) is 3.98. The first kappa shape index (κ1) is 11.3. The number of ether oxygens (including phenoxy) is 1. The van der Waals surface area contributed by atoms with Gasteiger partial charge < -0.3 is 10.1 Å². The first-order chi connectivity index (χ1) is 8.20. The highest BCUT2D eigenvalue weighted by molar-refractivity contribution is 5.42. The third-order valence-electron chi connectivity index (χ3n) is 2.13. The summed E-state index contributed by atoms with van der Waals surface area (Å²) in [6.45, 7) is 0. The van der Waals surface area contributed by atoms with Crippen molar-refractivity contribution in [1.29, 1.82) is 0 Å². The van der Waals surface area contributed by atoms with E-state index in [1.54, 1.807) is 19.2 Å². The number of benzene rings is 1. The summed E-state index contributed by atoms with van der Waals surface area (Å²) in [5.74, 6) is -1.13. The van der Waals surface area contributed by atoms with Gasteiger partial charge in [-0.2, -0.15) is 4.39 Å². The van der Waals surface area contributed by atoms with Crippen LogP contribution in [0.2, 0.25) is 0 Å². The van der Waals surface area contributed by atoms with Crippen molar-refractivity contribution >= 4 is 5.82 Å². The van der Waals surface area contributed by atoms with Gasteiger partial charge in [0.15, 0.2) is 11.6 Å². The Morgan fingerprint density at radius 2 is 2.06 bits per heavy atom. The maximum atomic E-state index is 13.3. The van der Waals surface area contributed by atoms with Crippen LogP contribution >= 0.6 is 0 Å². The summed E-state index contributed by atoms with van der Waals surface area (Å²) in [6, 6.07) is 6.93. The van der Waals surface area contributed by atoms with Crippen LogP contribution in [0.3, 0.4) is 0 Å². The molecule has 0 saturated heterocycles. The number of rotatable bonds is 3. The molecule has 2 aromatic rings. The van der Waals surface area contributed by atoms with Crippen molar-refractivity contribution in [2.24, 2.45) is 0 Å². The molecule has 1 heterocycles. The van der Waals surface area contributed by atoms with Gasteiger partial charge in [0.2, 0.25) is 5.82 Å². The molecule has 5 heteroatoms. The topological polar surface area (TPSA) is 34.1 Å². The molecule has 0 amide bonds. The fourth-order valence-electron chi connectivity index (χ4n) is 1.30. The molecule has 0 fully saturated rings. The highest BCUT2D eigenvalue weighted by Gasteiger charge is 2.09. The molecule has 1 aromatic carbocycles. The largest absolute Gasteiger partial charge is 0.454 e. The maximum Gasteiger partial charge on any atom is 0.201 e. The second kappa shape index (κ2) is 4.78. The number of aromatic nitrogens is 1. The van der Waals surface area contributed by atoms with Gasteiger partial charge in [0.05, 0.1) is 0 Å². The molecule has 2 rings (SSSR count). The molecule has 0 radical (unpaired) electrons. The lowest BCUT2D eigenvalue weighted by Gasteiger charge is -2.07. The number of nitrogens with zero attached hydrogens (tertiary/aromatic N) is 1. The lowest BCUT2D eigenvalue weighted by molar-refractivity contribution is 0.416. The van der Waals surface area contributed by atoms with E-state index < -0.39 is 11.6 Å². The Bertz CT molecular complexity index is 532. The SMILES string of the molecule is CNc1cc(Oc2cccc(F)c2F)ccn1. The zero-order valence-corrected chi connectivity index (χ0v) is 9.08. The standard InChI is InChI=1S/C12H10F2N2O/c1-15-11-7-8(5-6-16-11)17-10-4-2-3-9(13)12(10)14/h2-7H,1H3,(H,15,16). The van der Waals surface area contributed by atoms with Gasteiger partial charge in [-0.25, -0.2) is 9.37 Å². The van der Waals surface area contributed by atoms with Crippen molar-refractivity contribution in [1.82, 2.24) is 4.98 Å². The summed E-state index contributed by atoms with van der Waals surface area (Å²) < 4.78 is 31.5. The number of hydrogen-bond acceptors (Lipinski definition) is 3. The molecule has 0 aliphatic carbocycles. The quantitative estimate of drug-likeness (QED) is 0.888. The normalized spacial score (nSPS) is 10.1. The molecule has 0 unspecified atom stereocenters. The predicted octanol–water partition coefficient (Wildman–Crippen LogP) is 3.19. The molecule has 1 aromatic heterocycles. The predicted molar refractivity (Wildman–Crippen MR) is 60.2 cm³/mol. The van der Waals surface area contributed by atoms with Gasteiger partial charge in [-0.15, -0.1) is 0 Å². The van der Waals surface area contributed by atoms with Gasteiger partial charge in [-0.05, 0) is 18.2 Å². The Morgan fingerprint density at radius 1 is 1.24 bits per heavy atom. The van der Waals surface area contributed by atoms with Crippen molar-refractivity contribution in [3.8, 4) is 11.5 Å². The summed E-state index contributed by atoms with van der Waals surface area (Å²) in [7, 11) is 1.70. The second-order valence-corrected chi connectivity index (χ2v) is 3.28. The van der Waals surface area contributed by atoms with E-state index in [0.29, 0.717) is 11.6 Å². The molecule has 3 nitrogen and oxygen atoms in total. The summed E-state index contributed by atoms with van der Waals surface area (Å²) in [5, 5.41) is 2.82. The average Bonchev–Trinajstić information content (AvgIpc) is 2.35. The van der Waals surface area contributed by atoms with Crippen molar-refractivity contribution in [3.63, 3.8) is 0 Å². The molecule has 0 spiro atoms. The highest BCUT2D eigenvalue weighted by atomic mass is 19.2. The van der Waals surface area contributed by atoms with E-state index in [1.807, 2.05) is 0 Å². The number of halogens is 2. The Morgan fingerprint density at radius 3 is 2.82 bits per heavy atom. The molecule has 0 aliphatic heterocycles. The van der Waals surface area contributed by atoms with Crippen LogP contribution in [0, 0.1) is 11.6 Å². The van der Waals surface area contributed by atoms with E-state index in [1.165, 1.54) is 18.3 Å². The summed E-state index contributed by atoms with van der Waals surface area (Å²) in [5.41, 5.74) is 0. The molecular formula is C12H10F2N2O. The van der Waals surface area contributed by atoms with Crippen LogP contribution in [0.15, 0.2) is 36.5 Å². The van der Waals surface area contributed by atoms with E-state index in [2.05, 4.69) is 10.3 Å². The van der Waals surface area contributed by atoms with E-state index in [9.17, 15) is 8.78 Å². The fraction of sp³-hybridized carbons (Fsp3) is 0.0833. The Balaban J connectivity index is 2.28. The molecular weight excluding hydrogens is 226 g/mol. The molecule has 0 saturated carbocycles. The third-order valence-corrected chi connectivity index (χ3v) is 2.13. The first-order valence-corrected chi connectivity index (χ1v) is 4.96. The highest BCUT2D eigenvalue weighted by Crippen LogP contribution is 2.26. The number of pyridine rings is 1. The monoisotopic (exact) mass is 236 g/mol. The molecule has 0 bridgehead atoms. The number of nitrogens with one attached hydrogen (secondary N) is 1. The Labute approximate surface area is 97.1 Å². The van der Waals surface area contributed by atoms with E-state index in [-0.39, 0.29) is 5.75 Å². The van der Waals surface area contributed by atoms with Crippen molar-refractivity contribution < 1.29 is 13.5 Å². The molecule has 88 valence electrons.